The van der Waals surface area contributed by atoms with Crippen molar-refractivity contribution in [1.82, 2.24) is 28.4 Å². The molecule has 0 unspecified atom stereocenters. The zero-order valence-electron chi connectivity index (χ0n) is 27.7. The number of aryl methyl sites for hydroxylation is 1. The summed E-state index contributed by atoms with van der Waals surface area (Å²) in [4.78, 5) is 39.0. The molecule has 0 aliphatic heterocycles. The summed E-state index contributed by atoms with van der Waals surface area (Å²) in [7, 11) is 1.87. The molecule has 1 saturated carbocycles. The van der Waals surface area contributed by atoms with Gasteiger partial charge in [-0.3, -0.25) is 14.3 Å². The van der Waals surface area contributed by atoms with E-state index in [-0.39, 0.29) is 35.2 Å². The van der Waals surface area contributed by atoms with Crippen LogP contribution in [0.1, 0.15) is 49.4 Å². The zero-order valence-corrected chi connectivity index (χ0v) is 27.7. The van der Waals surface area contributed by atoms with Crippen molar-refractivity contribution in [2.75, 3.05) is 20.2 Å². The Morgan fingerprint density at radius 2 is 1.78 bits per heavy atom. The van der Waals surface area contributed by atoms with Gasteiger partial charge in [-0.05, 0) is 111 Å². The van der Waals surface area contributed by atoms with Crippen molar-refractivity contribution >= 4 is 16.7 Å². The Kier molecular flexibility index (Phi) is 9.30. The Bertz CT molecular complexity index is 2310. The average Bonchev–Trinajstić information content (AvgIpc) is 3.51. The van der Waals surface area contributed by atoms with Gasteiger partial charge >= 0.3 is 5.69 Å². The summed E-state index contributed by atoms with van der Waals surface area (Å²) in [6.07, 6.45) is 8.73. The van der Waals surface area contributed by atoms with E-state index in [1.165, 1.54) is 21.4 Å². The number of aliphatic hydroxyl groups is 1. The second kappa shape index (κ2) is 14.0. The molecule has 12 heteroatoms. The van der Waals surface area contributed by atoms with Crippen molar-refractivity contribution < 1.29 is 19.0 Å². The number of likely N-dealkylation sites (N-methyl/N-ethyl adjacent to an activating group) is 1. The van der Waals surface area contributed by atoms with Gasteiger partial charge < -0.3 is 14.6 Å². The molecule has 1 aliphatic carbocycles. The maximum absolute atomic E-state index is 14.5. The third kappa shape index (κ3) is 6.68. The smallest absolute Gasteiger partial charge is 0.337 e. The largest absolute Gasteiger partial charge is 0.508 e. The summed E-state index contributed by atoms with van der Waals surface area (Å²) in [5.41, 5.74) is 3.46. The summed E-state index contributed by atoms with van der Waals surface area (Å²) in [5.74, 6) is -0.504. The van der Waals surface area contributed by atoms with Gasteiger partial charge in [-0.25, -0.2) is 28.1 Å². The highest BCUT2D eigenvalue weighted by Gasteiger charge is 2.27. The van der Waals surface area contributed by atoms with Crippen LogP contribution in [0.15, 0.2) is 88.8 Å². The van der Waals surface area contributed by atoms with Crippen LogP contribution < -0.4 is 11.2 Å². The second-order valence-corrected chi connectivity index (χ2v) is 13.2. The van der Waals surface area contributed by atoms with Crippen LogP contribution in [0.4, 0.5) is 8.78 Å². The van der Waals surface area contributed by atoms with Crippen molar-refractivity contribution in [1.29, 1.82) is 0 Å². The number of imidazole rings is 1. The third-order valence-corrected chi connectivity index (χ3v) is 9.77. The van der Waals surface area contributed by atoms with Crippen LogP contribution in [-0.4, -0.2) is 58.8 Å². The molecular formula is C38H38F2N6O4. The lowest BCUT2D eigenvalue weighted by atomic mass is 9.83. The van der Waals surface area contributed by atoms with Gasteiger partial charge in [-0.15, -0.1) is 0 Å². The van der Waals surface area contributed by atoms with Crippen molar-refractivity contribution in [2.45, 2.75) is 51.1 Å². The predicted molar refractivity (Wildman–Crippen MR) is 187 cm³/mol. The van der Waals surface area contributed by atoms with Crippen molar-refractivity contribution in [3.8, 4) is 22.6 Å². The van der Waals surface area contributed by atoms with E-state index in [0.717, 1.165) is 60.3 Å². The molecule has 1 aliphatic rings. The fourth-order valence-corrected chi connectivity index (χ4v) is 7.26. The number of phenols is 1. The molecule has 2 N–H and O–H groups in total. The van der Waals surface area contributed by atoms with E-state index in [9.17, 15) is 28.6 Å². The quantitative estimate of drug-likeness (QED) is 0.193. The molecule has 258 valence electrons. The van der Waals surface area contributed by atoms with Gasteiger partial charge in [0.2, 0.25) is 0 Å². The molecule has 0 bridgehead atoms. The number of fused-ring (bicyclic) bond motifs is 2. The van der Waals surface area contributed by atoms with Gasteiger partial charge in [0.05, 0.1) is 29.6 Å². The van der Waals surface area contributed by atoms with E-state index in [4.69, 9.17) is 0 Å². The Morgan fingerprint density at radius 3 is 2.58 bits per heavy atom. The van der Waals surface area contributed by atoms with Gasteiger partial charge in [-0.2, -0.15) is 0 Å². The van der Waals surface area contributed by atoms with E-state index >= 15 is 0 Å². The summed E-state index contributed by atoms with van der Waals surface area (Å²) in [6, 6.07) is 16.2. The number of phenolic OH excluding ortho intramolecular Hbond substituents is 1. The number of hydrogen-bond donors (Lipinski definition) is 2. The number of halogens is 2. The summed E-state index contributed by atoms with van der Waals surface area (Å²) in [6.45, 7) is 0.907. The number of hydrogen-bond acceptors (Lipinski definition) is 7. The molecule has 0 spiro atoms. The number of pyridine rings is 2. The molecule has 2 aromatic carbocycles. The van der Waals surface area contributed by atoms with E-state index in [1.54, 1.807) is 40.8 Å². The van der Waals surface area contributed by atoms with Crippen molar-refractivity contribution in [3.63, 3.8) is 0 Å². The minimum atomic E-state index is -0.667. The first-order valence-electron chi connectivity index (χ1n) is 16.9. The monoisotopic (exact) mass is 680 g/mol. The first-order valence-corrected chi connectivity index (χ1v) is 16.9. The lowest BCUT2D eigenvalue weighted by Crippen LogP contribution is -2.43. The summed E-state index contributed by atoms with van der Waals surface area (Å²) in [5, 5.41) is 19.7. The van der Waals surface area contributed by atoms with Gasteiger partial charge in [-0.1, -0.05) is 18.2 Å². The zero-order chi connectivity index (χ0) is 34.9. The second-order valence-electron chi connectivity index (χ2n) is 13.2. The number of nitrogens with zero attached hydrogens (tertiary/aromatic N) is 6. The summed E-state index contributed by atoms with van der Waals surface area (Å²) >= 11 is 0. The molecule has 0 radical (unpaired) electrons. The fourth-order valence-electron chi connectivity index (χ4n) is 7.26. The number of rotatable bonds is 10. The highest BCUT2D eigenvalue weighted by atomic mass is 19.1. The average molecular weight is 681 g/mol. The maximum atomic E-state index is 14.5. The first-order chi connectivity index (χ1) is 24.2. The molecule has 10 nitrogen and oxygen atoms in total. The molecule has 4 heterocycles. The third-order valence-electron chi connectivity index (χ3n) is 9.77. The number of aromatic nitrogens is 5. The minimum absolute atomic E-state index is 0.00662. The van der Waals surface area contributed by atoms with Crippen LogP contribution in [0.25, 0.3) is 33.5 Å². The number of benzene rings is 2. The SMILES string of the molecule is CN(CCO)Cc1cc(O)ccc1-c1cccc(-n2c(=O)n(C3CCC(CCc4cn5cc(F)ccc5n4)CC3)c(=O)c3cc(F)cnc32)c1. The lowest BCUT2D eigenvalue weighted by molar-refractivity contribution is 0.217. The van der Waals surface area contributed by atoms with Crippen LogP contribution >= 0.6 is 0 Å². The number of aromatic hydroxyl groups is 1. The molecule has 4 aromatic heterocycles. The van der Waals surface area contributed by atoms with Gasteiger partial charge in [0.15, 0.2) is 5.65 Å². The standard InChI is InChI=1S/C38H38F2N6O4/c1-43(15-16-47)21-26-18-32(48)12-13-33(26)25-3-2-4-31(17-25)45-36-34(19-28(40)20-41-36)37(49)46(38(45)50)30-10-6-24(7-11-30)5-9-29-23-44-22-27(39)8-14-35(44)42-29/h2-4,8,12-14,17-20,22-24,30,47-48H,5-7,9-11,15-16,21H2,1H3. The van der Waals surface area contributed by atoms with Crippen LogP contribution in [0.3, 0.4) is 0 Å². The molecule has 7 rings (SSSR count). The molecule has 1 fully saturated rings. The van der Waals surface area contributed by atoms with E-state index in [1.807, 2.05) is 30.3 Å². The van der Waals surface area contributed by atoms with E-state index < -0.39 is 17.1 Å². The first kappa shape index (κ1) is 33.3. The van der Waals surface area contributed by atoms with Crippen LogP contribution in [0.2, 0.25) is 0 Å². The normalized spacial score (nSPS) is 16.5. The lowest BCUT2D eigenvalue weighted by Gasteiger charge is -2.30. The van der Waals surface area contributed by atoms with Crippen LogP contribution in [0.5, 0.6) is 5.75 Å². The van der Waals surface area contributed by atoms with Gasteiger partial charge in [0.25, 0.3) is 5.56 Å². The molecule has 0 atom stereocenters. The Hall–Kier alpha value is -5.20. The van der Waals surface area contributed by atoms with Crippen LogP contribution in [-0.2, 0) is 13.0 Å². The van der Waals surface area contributed by atoms with Gasteiger partial charge in [0.1, 0.15) is 23.0 Å². The molecule has 50 heavy (non-hydrogen) atoms. The Balaban J connectivity index is 1.19. The number of aliphatic hydroxyl groups excluding tert-OH is 1. The highest BCUT2D eigenvalue weighted by Crippen LogP contribution is 2.34. The Morgan fingerprint density at radius 1 is 0.960 bits per heavy atom. The van der Waals surface area contributed by atoms with Crippen molar-refractivity contribution in [3.05, 3.63) is 123 Å². The molecular weight excluding hydrogens is 642 g/mol. The molecule has 0 amide bonds. The van der Waals surface area contributed by atoms with E-state index in [2.05, 4.69) is 9.97 Å². The Labute approximate surface area is 286 Å². The maximum Gasteiger partial charge on any atom is 0.337 e. The minimum Gasteiger partial charge on any atom is -0.508 e. The van der Waals surface area contributed by atoms with Crippen molar-refractivity contribution in [2.24, 2.45) is 5.92 Å². The summed E-state index contributed by atoms with van der Waals surface area (Å²) < 4.78 is 32.5. The molecule has 6 aromatic rings. The topological polar surface area (TPSA) is 118 Å². The fraction of sp³-hybridized carbons (Fsp3) is 0.316. The highest BCUT2D eigenvalue weighted by molar-refractivity contribution is 5.77. The van der Waals surface area contributed by atoms with Crippen LogP contribution in [0, 0.1) is 17.6 Å². The predicted octanol–water partition coefficient (Wildman–Crippen LogP) is 5.63. The van der Waals surface area contributed by atoms with E-state index in [0.29, 0.717) is 43.2 Å². The molecule has 0 saturated heterocycles. The van der Waals surface area contributed by atoms with Gasteiger partial charge in [0, 0.05) is 31.5 Å².